The Hall–Kier alpha value is -2.16. The fourth-order valence-electron chi connectivity index (χ4n) is 3.98. The van der Waals surface area contributed by atoms with Gasteiger partial charge < -0.3 is 26.6 Å². The number of carbonyl (C=O) groups is 4. The summed E-state index contributed by atoms with van der Waals surface area (Å²) in [4.78, 5) is 49.3. The summed E-state index contributed by atoms with van der Waals surface area (Å²) in [6.45, 7) is 0.335. The standard InChI is InChI=1S/C17H29N5O4/c1-19-8-14(24)21-15(11-5-3-2-4-6-11)17(26)22-9-12(20-10-23)7-13(22)16(18)25/h10-13,15,19H,2-9H2,1H3,(H2,18,25)(H,20,23)(H,21,24). The van der Waals surface area contributed by atoms with E-state index in [0.717, 1.165) is 32.1 Å². The second kappa shape index (κ2) is 9.51. The predicted octanol–water partition coefficient (Wildman–Crippen LogP) is -1.53. The molecule has 1 saturated carbocycles. The van der Waals surface area contributed by atoms with Crippen LogP contribution < -0.4 is 21.7 Å². The molecule has 0 bridgehead atoms. The van der Waals surface area contributed by atoms with Gasteiger partial charge in [0.25, 0.3) is 0 Å². The zero-order valence-corrected chi connectivity index (χ0v) is 15.2. The average Bonchev–Trinajstić information content (AvgIpc) is 3.05. The molecule has 2 fully saturated rings. The first-order chi connectivity index (χ1) is 12.5. The lowest BCUT2D eigenvalue weighted by Crippen LogP contribution is -2.56. The monoisotopic (exact) mass is 367 g/mol. The molecular weight excluding hydrogens is 338 g/mol. The minimum atomic E-state index is -0.771. The molecule has 5 N–H and O–H groups in total. The van der Waals surface area contributed by atoms with Gasteiger partial charge in [-0.05, 0) is 32.2 Å². The third-order valence-corrected chi connectivity index (χ3v) is 5.26. The number of nitrogens with two attached hydrogens (primary N) is 1. The fraction of sp³-hybridized carbons (Fsp3) is 0.765. The SMILES string of the molecule is CNCC(=O)NC(C(=O)N1CC(NC=O)CC1C(N)=O)C1CCCCC1. The van der Waals surface area contributed by atoms with Gasteiger partial charge >= 0.3 is 0 Å². The van der Waals surface area contributed by atoms with E-state index in [1.807, 2.05) is 0 Å². The molecule has 0 radical (unpaired) electrons. The molecule has 0 aromatic heterocycles. The predicted molar refractivity (Wildman–Crippen MR) is 94.7 cm³/mol. The maximum Gasteiger partial charge on any atom is 0.246 e. The second-order valence-electron chi connectivity index (χ2n) is 7.10. The van der Waals surface area contributed by atoms with Crippen LogP contribution in [0.2, 0.25) is 0 Å². The Morgan fingerprint density at radius 1 is 1.23 bits per heavy atom. The van der Waals surface area contributed by atoms with Gasteiger partial charge in [0.15, 0.2) is 0 Å². The van der Waals surface area contributed by atoms with Crippen molar-refractivity contribution in [2.75, 3.05) is 20.1 Å². The number of amides is 4. The Balaban J connectivity index is 2.18. The van der Waals surface area contributed by atoms with Crippen LogP contribution in [0.3, 0.4) is 0 Å². The van der Waals surface area contributed by atoms with Crippen LogP contribution in [-0.2, 0) is 19.2 Å². The first-order valence-electron chi connectivity index (χ1n) is 9.21. The van der Waals surface area contributed by atoms with Crippen molar-refractivity contribution in [2.45, 2.75) is 56.7 Å². The van der Waals surface area contributed by atoms with Crippen LogP contribution in [-0.4, -0.2) is 67.3 Å². The molecule has 1 saturated heterocycles. The Bertz CT molecular complexity index is 535. The second-order valence-corrected chi connectivity index (χ2v) is 7.10. The molecule has 2 rings (SSSR count). The van der Waals surface area contributed by atoms with E-state index in [2.05, 4.69) is 16.0 Å². The van der Waals surface area contributed by atoms with Crippen LogP contribution in [0.15, 0.2) is 0 Å². The molecule has 0 aromatic carbocycles. The molecule has 4 amide bonds. The number of nitrogens with zero attached hydrogens (tertiary/aromatic N) is 1. The summed E-state index contributed by atoms with van der Waals surface area (Å²) < 4.78 is 0. The van der Waals surface area contributed by atoms with Gasteiger partial charge in [-0.15, -0.1) is 0 Å². The highest BCUT2D eigenvalue weighted by molar-refractivity contribution is 5.92. The molecule has 3 atom stereocenters. The summed E-state index contributed by atoms with van der Waals surface area (Å²) in [6, 6.07) is -1.76. The summed E-state index contributed by atoms with van der Waals surface area (Å²) in [5, 5.41) is 8.23. The van der Waals surface area contributed by atoms with Crippen molar-refractivity contribution in [3.63, 3.8) is 0 Å². The third-order valence-electron chi connectivity index (χ3n) is 5.26. The van der Waals surface area contributed by atoms with Crippen LogP contribution in [0.5, 0.6) is 0 Å². The molecular formula is C17H29N5O4. The Labute approximate surface area is 153 Å². The highest BCUT2D eigenvalue weighted by Gasteiger charge is 2.43. The smallest absolute Gasteiger partial charge is 0.246 e. The van der Waals surface area contributed by atoms with Gasteiger partial charge in [0.2, 0.25) is 24.1 Å². The Morgan fingerprint density at radius 3 is 2.50 bits per heavy atom. The number of nitrogens with one attached hydrogen (secondary N) is 3. The first-order valence-corrected chi connectivity index (χ1v) is 9.21. The van der Waals surface area contributed by atoms with Crippen molar-refractivity contribution < 1.29 is 19.2 Å². The van der Waals surface area contributed by atoms with E-state index in [1.54, 1.807) is 7.05 Å². The van der Waals surface area contributed by atoms with E-state index in [4.69, 9.17) is 5.73 Å². The molecule has 3 unspecified atom stereocenters. The van der Waals surface area contributed by atoms with Crippen LogP contribution in [0, 0.1) is 5.92 Å². The normalized spacial score (nSPS) is 24.7. The highest BCUT2D eigenvalue weighted by Crippen LogP contribution is 2.29. The Morgan fingerprint density at radius 2 is 1.92 bits per heavy atom. The van der Waals surface area contributed by atoms with Crippen molar-refractivity contribution >= 4 is 24.1 Å². The van der Waals surface area contributed by atoms with Gasteiger partial charge in [-0.25, -0.2) is 0 Å². The van der Waals surface area contributed by atoms with Crippen molar-refractivity contribution in [3.05, 3.63) is 0 Å². The van der Waals surface area contributed by atoms with Gasteiger partial charge in [0, 0.05) is 12.6 Å². The molecule has 2 aliphatic rings. The van der Waals surface area contributed by atoms with Crippen molar-refractivity contribution in [1.29, 1.82) is 0 Å². The molecule has 26 heavy (non-hydrogen) atoms. The molecule has 0 spiro atoms. The van der Waals surface area contributed by atoms with Gasteiger partial charge in [-0.3, -0.25) is 19.2 Å². The van der Waals surface area contributed by atoms with Crippen LogP contribution in [0.25, 0.3) is 0 Å². The van der Waals surface area contributed by atoms with Crippen molar-refractivity contribution in [1.82, 2.24) is 20.9 Å². The van der Waals surface area contributed by atoms with Crippen LogP contribution >= 0.6 is 0 Å². The lowest BCUT2D eigenvalue weighted by Gasteiger charge is -2.34. The maximum atomic E-state index is 13.2. The van der Waals surface area contributed by atoms with Gasteiger partial charge in [-0.2, -0.15) is 0 Å². The topological polar surface area (TPSA) is 134 Å². The van der Waals surface area contributed by atoms with Gasteiger partial charge in [0.05, 0.1) is 6.54 Å². The molecule has 1 aliphatic heterocycles. The van der Waals surface area contributed by atoms with E-state index in [0.29, 0.717) is 12.8 Å². The minimum Gasteiger partial charge on any atom is -0.368 e. The fourth-order valence-corrected chi connectivity index (χ4v) is 3.98. The molecule has 9 nitrogen and oxygen atoms in total. The summed E-state index contributed by atoms with van der Waals surface area (Å²) >= 11 is 0. The third kappa shape index (κ3) is 4.94. The number of rotatable bonds is 8. The van der Waals surface area contributed by atoms with Crippen molar-refractivity contribution in [2.24, 2.45) is 11.7 Å². The van der Waals surface area contributed by atoms with Gasteiger partial charge in [0.1, 0.15) is 12.1 Å². The quantitative estimate of drug-likeness (QED) is 0.386. The molecule has 9 heteroatoms. The number of hydrogen-bond donors (Lipinski definition) is 4. The number of carbonyl (C=O) groups excluding carboxylic acids is 4. The molecule has 1 heterocycles. The summed E-state index contributed by atoms with van der Waals surface area (Å²) in [6.07, 6.45) is 5.74. The average molecular weight is 367 g/mol. The summed E-state index contributed by atoms with van der Waals surface area (Å²) in [5.74, 6) is -1.10. The summed E-state index contributed by atoms with van der Waals surface area (Å²) in [5.41, 5.74) is 5.47. The number of hydrogen-bond acceptors (Lipinski definition) is 5. The number of primary amides is 1. The lowest BCUT2D eigenvalue weighted by atomic mass is 9.83. The zero-order chi connectivity index (χ0) is 19.1. The lowest BCUT2D eigenvalue weighted by molar-refractivity contribution is -0.142. The van der Waals surface area contributed by atoms with E-state index in [-0.39, 0.29) is 36.9 Å². The largest absolute Gasteiger partial charge is 0.368 e. The number of likely N-dealkylation sites (tertiary alicyclic amines) is 1. The highest BCUT2D eigenvalue weighted by atomic mass is 16.2. The van der Waals surface area contributed by atoms with E-state index < -0.39 is 18.0 Å². The van der Waals surface area contributed by atoms with Gasteiger partial charge in [-0.1, -0.05) is 19.3 Å². The van der Waals surface area contributed by atoms with E-state index in [1.165, 1.54) is 4.90 Å². The first kappa shape index (κ1) is 20.2. The van der Waals surface area contributed by atoms with Crippen molar-refractivity contribution in [3.8, 4) is 0 Å². The van der Waals surface area contributed by atoms with Crippen LogP contribution in [0.4, 0.5) is 0 Å². The minimum absolute atomic E-state index is 0.0451. The molecule has 146 valence electrons. The molecule has 0 aromatic rings. The summed E-state index contributed by atoms with van der Waals surface area (Å²) in [7, 11) is 1.66. The van der Waals surface area contributed by atoms with E-state index >= 15 is 0 Å². The van der Waals surface area contributed by atoms with E-state index in [9.17, 15) is 19.2 Å². The van der Waals surface area contributed by atoms with Crippen LogP contribution in [0.1, 0.15) is 38.5 Å². The molecule has 1 aliphatic carbocycles. The number of likely N-dealkylation sites (N-methyl/N-ethyl adjacent to an activating group) is 1. The maximum absolute atomic E-state index is 13.2. The Kier molecular flexibility index (Phi) is 7.38. The zero-order valence-electron chi connectivity index (χ0n) is 15.2.